The Morgan fingerprint density at radius 2 is 2.16 bits per heavy atom. The summed E-state index contributed by atoms with van der Waals surface area (Å²) in [4.78, 5) is 11.5. The van der Waals surface area contributed by atoms with Crippen LogP contribution in [0.4, 0.5) is 8.78 Å². The molecule has 0 bridgehead atoms. The number of halogens is 2. The van der Waals surface area contributed by atoms with Gasteiger partial charge in [0, 0.05) is 12.1 Å². The maximum atomic E-state index is 13.0. The van der Waals surface area contributed by atoms with E-state index in [9.17, 15) is 13.6 Å². The highest BCUT2D eigenvalue weighted by Gasteiger charge is 2.29. The van der Waals surface area contributed by atoms with E-state index in [1.165, 1.54) is 13.2 Å². The SMILES string of the molecule is COC(=O)C(COc1ccc(F)c(F)c1)NC1CC1. The van der Waals surface area contributed by atoms with E-state index < -0.39 is 23.6 Å². The molecule has 4 nitrogen and oxygen atoms in total. The summed E-state index contributed by atoms with van der Waals surface area (Å²) in [7, 11) is 1.29. The molecule has 1 aliphatic carbocycles. The maximum Gasteiger partial charge on any atom is 0.326 e. The summed E-state index contributed by atoms with van der Waals surface area (Å²) in [5, 5.41) is 3.07. The molecule has 1 aromatic rings. The van der Waals surface area contributed by atoms with Crippen LogP contribution in [0.2, 0.25) is 0 Å². The molecule has 1 atom stereocenters. The average molecular weight is 271 g/mol. The molecule has 1 unspecified atom stereocenters. The molecule has 1 aliphatic rings. The van der Waals surface area contributed by atoms with Crippen molar-refractivity contribution in [3.8, 4) is 5.75 Å². The van der Waals surface area contributed by atoms with Crippen molar-refractivity contribution in [1.29, 1.82) is 0 Å². The Hall–Kier alpha value is -1.69. The Bertz CT molecular complexity index is 463. The highest BCUT2D eigenvalue weighted by molar-refractivity contribution is 5.75. The molecular weight excluding hydrogens is 256 g/mol. The molecule has 1 N–H and O–H groups in total. The Morgan fingerprint density at radius 1 is 1.42 bits per heavy atom. The van der Waals surface area contributed by atoms with E-state index in [0.717, 1.165) is 25.0 Å². The van der Waals surface area contributed by atoms with Crippen molar-refractivity contribution in [2.24, 2.45) is 0 Å². The average Bonchev–Trinajstić information content (AvgIpc) is 3.21. The number of nitrogens with one attached hydrogen (secondary N) is 1. The zero-order valence-corrected chi connectivity index (χ0v) is 10.5. The predicted molar refractivity (Wildman–Crippen MR) is 63.8 cm³/mol. The largest absolute Gasteiger partial charge is 0.491 e. The number of ether oxygens (including phenoxy) is 2. The summed E-state index contributed by atoms with van der Waals surface area (Å²) >= 11 is 0. The van der Waals surface area contributed by atoms with Crippen molar-refractivity contribution in [2.45, 2.75) is 24.9 Å². The van der Waals surface area contributed by atoms with Gasteiger partial charge in [0.2, 0.25) is 0 Å². The van der Waals surface area contributed by atoms with Crippen LogP contribution < -0.4 is 10.1 Å². The van der Waals surface area contributed by atoms with Crippen LogP contribution in [0.25, 0.3) is 0 Å². The molecule has 1 fully saturated rings. The van der Waals surface area contributed by atoms with Crippen LogP contribution in [0, 0.1) is 11.6 Å². The molecule has 0 saturated heterocycles. The van der Waals surface area contributed by atoms with E-state index in [2.05, 4.69) is 10.1 Å². The van der Waals surface area contributed by atoms with Gasteiger partial charge in [0.1, 0.15) is 18.4 Å². The maximum absolute atomic E-state index is 13.0. The Labute approximate surface area is 109 Å². The van der Waals surface area contributed by atoms with Crippen molar-refractivity contribution in [3.63, 3.8) is 0 Å². The third-order valence-corrected chi connectivity index (χ3v) is 2.81. The van der Waals surface area contributed by atoms with E-state index in [1.54, 1.807) is 0 Å². The highest BCUT2D eigenvalue weighted by atomic mass is 19.2. The van der Waals surface area contributed by atoms with Crippen molar-refractivity contribution in [1.82, 2.24) is 5.32 Å². The zero-order valence-electron chi connectivity index (χ0n) is 10.5. The first-order valence-electron chi connectivity index (χ1n) is 6.02. The third-order valence-electron chi connectivity index (χ3n) is 2.81. The van der Waals surface area contributed by atoms with Crippen LogP contribution >= 0.6 is 0 Å². The molecule has 0 aliphatic heterocycles. The summed E-state index contributed by atoms with van der Waals surface area (Å²) in [6.45, 7) is 0.00818. The number of carbonyl (C=O) groups is 1. The van der Waals surface area contributed by atoms with Gasteiger partial charge in [-0.1, -0.05) is 0 Å². The van der Waals surface area contributed by atoms with Gasteiger partial charge >= 0.3 is 5.97 Å². The first-order chi connectivity index (χ1) is 9.10. The van der Waals surface area contributed by atoms with Gasteiger partial charge in [-0.2, -0.15) is 0 Å². The number of carbonyl (C=O) groups excluding carboxylic acids is 1. The summed E-state index contributed by atoms with van der Waals surface area (Å²) < 4.78 is 35.7. The molecule has 2 rings (SSSR count). The first kappa shape index (κ1) is 13.7. The highest BCUT2D eigenvalue weighted by Crippen LogP contribution is 2.20. The van der Waals surface area contributed by atoms with Gasteiger partial charge in [-0.05, 0) is 25.0 Å². The van der Waals surface area contributed by atoms with Gasteiger partial charge in [0.15, 0.2) is 11.6 Å². The second kappa shape index (κ2) is 5.97. The summed E-state index contributed by atoms with van der Waals surface area (Å²) in [5.41, 5.74) is 0. The van der Waals surface area contributed by atoms with Gasteiger partial charge < -0.3 is 9.47 Å². The van der Waals surface area contributed by atoms with E-state index in [0.29, 0.717) is 6.04 Å². The predicted octanol–water partition coefficient (Wildman–Crippen LogP) is 1.64. The summed E-state index contributed by atoms with van der Waals surface area (Å²) in [6.07, 6.45) is 2.03. The van der Waals surface area contributed by atoms with Gasteiger partial charge in [0.05, 0.1) is 7.11 Å². The summed E-state index contributed by atoms with van der Waals surface area (Å²) in [6, 6.07) is 2.93. The minimum Gasteiger partial charge on any atom is -0.491 e. The molecule has 1 saturated carbocycles. The van der Waals surface area contributed by atoms with Crippen LogP contribution in [-0.4, -0.2) is 31.8 Å². The van der Waals surface area contributed by atoms with Crippen LogP contribution in [-0.2, 0) is 9.53 Å². The number of esters is 1. The molecule has 0 radical (unpaired) electrons. The van der Waals surface area contributed by atoms with Crippen LogP contribution in [0.15, 0.2) is 18.2 Å². The van der Waals surface area contributed by atoms with Crippen LogP contribution in [0.5, 0.6) is 5.75 Å². The molecule has 0 heterocycles. The molecule has 104 valence electrons. The molecule has 0 aromatic heterocycles. The van der Waals surface area contributed by atoms with Gasteiger partial charge in [-0.25, -0.2) is 8.78 Å². The van der Waals surface area contributed by atoms with Crippen LogP contribution in [0.1, 0.15) is 12.8 Å². The minimum absolute atomic E-state index is 0.00818. The van der Waals surface area contributed by atoms with Crippen molar-refractivity contribution >= 4 is 5.97 Å². The van der Waals surface area contributed by atoms with E-state index >= 15 is 0 Å². The second-order valence-electron chi connectivity index (χ2n) is 4.40. The molecule has 0 amide bonds. The fourth-order valence-corrected chi connectivity index (χ4v) is 1.61. The van der Waals surface area contributed by atoms with E-state index in [1.807, 2.05) is 0 Å². The van der Waals surface area contributed by atoms with Crippen molar-refractivity contribution in [3.05, 3.63) is 29.8 Å². The van der Waals surface area contributed by atoms with Gasteiger partial charge in [-0.3, -0.25) is 10.1 Å². The minimum atomic E-state index is -0.984. The van der Waals surface area contributed by atoms with E-state index in [4.69, 9.17) is 4.74 Å². The fraction of sp³-hybridized carbons (Fsp3) is 0.462. The Morgan fingerprint density at radius 3 is 2.74 bits per heavy atom. The lowest BCUT2D eigenvalue weighted by molar-refractivity contribution is -0.144. The number of hydrogen-bond donors (Lipinski definition) is 1. The third kappa shape index (κ3) is 3.89. The second-order valence-corrected chi connectivity index (χ2v) is 4.40. The molecule has 0 spiro atoms. The standard InChI is InChI=1S/C13H15F2NO3/c1-18-13(17)12(16-8-2-3-8)7-19-9-4-5-10(14)11(15)6-9/h4-6,8,12,16H,2-3,7H2,1H3. The topological polar surface area (TPSA) is 47.6 Å². The lowest BCUT2D eigenvalue weighted by Gasteiger charge is -2.16. The lowest BCUT2D eigenvalue weighted by Crippen LogP contribution is -2.43. The quantitative estimate of drug-likeness (QED) is 0.799. The summed E-state index contributed by atoms with van der Waals surface area (Å²) in [5.74, 6) is -2.19. The number of hydrogen-bond acceptors (Lipinski definition) is 4. The number of benzene rings is 1. The fourth-order valence-electron chi connectivity index (χ4n) is 1.61. The molecule has 1 aromatic carbocycles. The Kier molecular flexibility index (Phi) is 4.31. The zero-order chi connectivity index (χ0) is 13.8. The molecule has 19 heavy (non-hydrogen) atoms. The smallest absolute Gasteiger partial charge is 0.326 e. The monoisotopic (exact) mass is 271 g/mol. The molecule has 6 heteroatoms. The molecular formula is C13H15F2NO3. The number of methoxy groups -OCH3 is 1. The normalized spacial score (nSPS) is 15.9. The van der Waals surface area contributed by atoms with Gasteiger partial charge in [-0.15, -0.1) is 0 Å². The first-order valence-corrected chi connectivity index (χ1v) is 6.02. The van der Waals surface area contributed by atoms with E-state index in [-0.39, 0.29) is 12.4 Å². The lowest BCUT2D eigenvalue weighted by atomic mass is 10.3. The Balaban J connectivity index is 1.93. The van der Waals surface area contributed by atoms with Gasteiger partial charge in [0.25, 0.3) is 0 Å². The van der Waals surface area contributed by atoms with Crippen molar-refractivity contribution in [2.75, 3.05) is 13.7 Å². The van der Waals surface area contributed by atoms with Crippen molar-refractivity contribution < 1.29 is 23.0 Å². The number of rotatable bonds is 6. The van der Waals surface area contributed by atoms with Crippen LogP contribution in [0.3, 0.4) is 0 Å².